The lowest BCUT2D eigenvalue weighted by molar-refractivity contribution is -0.124. The van der Waals surface area contributed by atoms with Gasteiger partial charge in [0.1, 0.15) is 5.75 Å². The average Bonchev–Trinajstić information content (AvgIpc) is 3.20. The van der Waals surface area contributed by atoms with Crippen molar-refractivity contribution in [3.8, 4) is 5.75 Å². The maximum Gasteiger partial charge on any atom is 0.271 e. The first-order valence-electron chi connectivity index (χ1n) is 8.76. The summed E-state index contributed by atoms with van der Waals surface area (Å²) in [5.74, 6) is 1.07. The zero-order valence-electron chi connectivity index (χ0n) is 14.5. The molecule has 1 aromatic carbocycles. The van der Waals surface area contributed by atoms with E-state index >= 15 is 0 Å². The van der Waals surface area contributed by atoms with Gasteiger partial charge in [-0.25, -0.2) is 4.99 Å². The molecule has 1 aliphatic carbocycles. The van der Waals surface area contributed by atoms with Gasteiger partial charge in [-0.05, 0) is 31.9 Å². The molecular formula is C18H23N5O2. The van der Waals surface area contributed by atoms with Crippen molar-refractivity contribution in [3.63, 3.8) is 0 Å². The van der Waals surface area contributed by atoms with Gasteiger partial charge in [-0.2, -0.15) is 4.99 Å². The molecule has 1 aromatic rings. The van der Waals surface area contributed by atoms with Crippen molar-refractivity contribution in [2.24, 2.45) is 15.9 Å². The van der Waals surface area contributed by atoms with Crippen molar-refractivity contribution in [1.82, 2.24) is 10.6 Å². The minimum Gasteiger partial charge on any atom is -0.448 e. The van der Waals surface area contributed by atoms with Crippen molar-refractivity contribution < 1.29 is 9.53 Å². The van der Waals surface area contributed by atoms with Crippen LogP contribution < -0.4 is 20.7 Å². The molecule has 3 N–H and O–H groups in total. The molecule has 2 aliphatic heterocycles. The molecule has 132 valence electrons. The van der Waals surface area contributed by atoms with Crippen LogP contribution in [-0.4, -0.2) is 36.5 Å². The molecule has 0 saturated heterocycles. The van der Waals surface area contributed by atoms with E-state index in [-0.39, 0.29) is 17.4 Å². The molecule has 1 amide bonds. The van der Waals surface area contributed by atoms with Gasteiger partial charge in [0.25, 0.3) is 6.35 Å². The Morgan fingerprint density at radius 3 is 2.84 bits per heavy atom. The van der Waals surface area contributed by atoms with Gasteiger partial charge in [0, 0.05) is 12.8 Å². The number of anilines is 1. The number of nitrogens with one attached hydrogen (secondary N) is 3. The SMILES string of the molecule is CNC(=O)C1C(C)=NC(=NC2Nc3ccccc3O2)NC12CCCC2. The summed E-state index contributed by atoms with van der Waals surface area (Å²) >= 11 is 0. The number of rotatable bonds is 2. The van der Waals surface area contributed by atoms with E-state index in [1.165, 1.54) is 0 Å². The Hall–Kier alpha value is -2.57. The lowest BCUT2D eigenvalue weighted by atomic mass is 9.77. The van der Waals surface area contributed by atoms with E-state index in [2.05, 4.69) is 25.9 Å². The molecule has 2 atom stereocenters. The van der Waals surface area contributed by atoms with E-state index < -0.39 is 6.35 Å². The highest BCUT2D eigenvalue weighted by atomic mass is 16.5. The highest BCUT2D eigenvalue weighted by molar-refractivity contribution is 6.11. The lowest BCUT2D eigenvalue weighted by Gasteiger charge is -2.40. The third-order valence-electron chi connectivity index (χ3n) is 5.26. The number of ether oxygens (including phenoxy) is 1. The molecule has 1 spiro atoms. The highest BCUT2D eigenvalue weighted by Crippen LogP contribution is 2.39. The first kappa shape index (κ1) is 15.9. The van der Waals surface area contributed by atoms with E-state index in [4.69, 9.17) is 4.74 Å². The number of hydrogen-bond acceptors (Lipinski definition) is 4. The summed E-state index contributed by atoms with van der Waals surface area (Å²) in [5.41, 5.74) is 1.43. The summed E-state index contributed by atoms with van der Waals surface area (Å²) in [4.78, 5) is 21.6. The molecule has 3 aliphatic rings. The van der Waals surface area contributed by atoms with Crippen molar-refractivity contribution >= 4 is 23.3 Å². The maximum absolute atomic E-state index is 12.4. The first-order valence-corrected chi connectivity index (χ1v) is 8.76. The summed E-state index contributed by atoms with van der Waals surface area (Å²) in [6.07, 6.45) is 3.58. The fraction of sp³-hybridized carbons (Fsp3) is 0.500. The summed E-state index contributed by atoms with van der Waals surface area (Å²) in [7, 11) is 1.68. The Bertz CT molecular complexity index is 727. The number of nitrogens with zero attached hydrogens (tertiary/aromatic N) is 2. The van der Waals surface area contributed by atoms with Gasteiger partial charge in [-0.15, -0.1) is 0 Å². The second kappa shape index (κ2) is 6.06. The zero-order chi connectivity index (χ0) is 17.4. The molecule has 2 unspecified atom stereocenters. The Morgan fingerprint density at radius 2 is 2.12 bits per heavy atom. The number of fused-ring (bicyclic) bond motifs is 1. The van der Waals surface area contributed by atoms with E-state index in [0.717, 1.165) is 42.8 Å². The van der Waals surface area contributed by atoms with Crippen LogP contribution in [0.2, 0.25) is 0 Å². The summed E-state index contributed by atoms with van der Waals surface area (Å²) in [5, 5.41) is 9.46. The summed E-state index contributed by atoms with van der Waals surface area (Å²) < 4.78 is 5.80. The third kappa shape index (κ3) is 2.73. The van der Waals surface area contributed by atoms with Crippen molar-refractivity contribution in [2.75, 3.05) is 12.4 Å². The van der Waals surface area contributed by atoms with Gasteiger partial charge in [0.2, 0.25) is 11.9 Å². The minimum atomic E-state index is -0.508. The molecule has 25 heavy (non-hydrogen) atoms. The summed E-state index contributed by atoms with van der Waals surface area (Å²) in [6, 6.07) is 7.75. The van der Waals surface area contributed by atoms with Gasteiger partial charge >= 0.3 is 0 Å². The Morgan fingerprint density at radius 1 is 1.36 bits per heavy atom. The van der Waals surface area contributed by atoms with Crippen LogP contribution >= 0.6 is 0 Å². The fourth-order valence-electron chi connectivity index (χ4n) is 4.16. The average molecular weight is 341 g/mol. The number of carbonyl (C=O) groups is 1. The molecule has 7 nitrogen and oxygen atoms in total. The molecule has 2 heterocycles. The molecular weight excluding hydrogens is 318 g/mol. The number of para-hydroxylation sites is 2. The number of aliphatic imine (C=N–C) groups is 2. The zero-order valence-corrected chi connectivity index (χ0v) is 14.5. The molecule has 0 radical (unpaired) electrons. The topological polar surface area (TPSA) is 87.1 Å². The van der Waals surface area contributed by atoms with Crippen LogP contribution in [0.3, 0.4) is 0 Å². The van der Waals surface area contributed by atoms with Crippen LogP contribution in [0, 0.1) is 5.92 Å². The number of guanidine groups is 1. The van der Waals surface area contributed by atoms with Gasteiger partial charge in [0.05, 0.1) is 17.1 Å². The number of benzene rings is 1. The predicted octanol–water partition coefficient (Wildman–Crippen LogP) is 1.87. The van der Waals surface area contributed by atoms with E-state index in [0.29, 0.717) is 5.96 Å². The van der Waals surface area contributed by atoms with Gasteiger partial charge in [-0.1, -0.05) is 25.0 Å². The van der Waals surface area contributed by atoms with Gasteiger partial charge < -0.3 is 20.7 Å². The van der Waals surface area contributed by atoms with Crippen LogP contribution in [-0.2, 0) is 4.79 Å². The van der Waals surface area contributed by atoms with Crippen LogP contribution in [0.1, 0.15) is 32.6 Å². The molecule has 0 bridgehead atoms. The van der Waals surface area contributed by atoms with Crippen molar-refractivity contribution in [3.05, 3.63) is 24.3 Å². The number of hydrogen-bond donors (Lipinski definition) is 3. The van der Waals surface area contributed by atoms with Crippen LogP contribution in [0.4, 0.5) is 5.69 Å². The molecule has 1 saturated carbocycles. The molecule has 0 aromatic heterocycles. The third-order valence-corrected chi connectivity index (χ3v) is 5.26. The Kier molecular flexibility index (Phi) is 3.86. The second-order valence-corrected chi connectivity index (χ2v) is 6.85. The quantitative estimate of drug-likeness (QED) is 0.766. The van der Waals surface area contributed by atoms with Crippen LogP contribution in [0.25, 0.3) is 0 Å². The Labute approximate surface area is 147 Å². The second-order valence-electron chi connectivity index (χ2n) is 6.85. The van der Waals surface area contributed by atoms with Gasteiger partial charge in [-0.3, -0.25) is 4.79 Å². The van der Waals surface area contributed by atoms with E-state index in [9.17, 15) is 4.79 Å². The first-order chi connectivity index (χ1) is 12.1. The largest absolute Gasteiger partial charge is 0.448 e. The number of amides is 1. The molecule has 7 heteroatoms. The van der Waals surface area contributed by atoms with Crippen molar-refractivity contribution in [1.29, 1.82) is 0 Å². The molecule has 4 rings (SSSR count). The van der Waals surface area contributed by atoms with Crippen molar-refractivity contribution in [2.45, 2.75) is 44.5 Å². The maximum atomic E-state index is 12.4. The standard InChI is InChI=1S/C18H23N5O2/c1-11-14(15(24)19-2)18(9-5-6-10-18)23-16(20-11)22-17-21-12-7-3-4-8-13(12)25-17/h3-4,7-8,14,17,21H,5-6,9-10H2,1-2H3,(H,19,24)(H,22,23). The Balaban J connectivity index is 1.62. The van der Waals surface area contributed by atoms with E-state index in [1.54, 1.807) is 7.05 Å². The van der Waals surface area contributed by atoms with Crippen LogP contribution in [0.15, 0.2) is 34.3 Å². The lowest BCUT2D eigenvalue weighted by Crippen LogP contribution is -2.61. The predicted molar refractivity (Wildman–Crippen MR) is 96.9 cm³/mol. The smallest absolute Gasteiger partial charge is 0.271 e. The van der Waals surface area contributed by atoms with Crippen LogP contribution in [0.5, 0.6) is 5.75 Å². The molecule has 1 fully saturated rings. The monoisotopic (exact) mass is 341 g/mol. The highest BCUT2D eigenvalue weighted by Gasteiger charge is 2.49. The fourth-order valence-corrected chi connectivity index (χ4v) is 4.16. The summed E-state index contributed by atoms with van der Waals surface area (Å²) in [6.45, 7) is 1.91. The van der Waals surface area contributed by atoms with Gasteiger partial charge in [0.15, 0.2) is 0 Å². The van der Waals surface area contributed by atoms with E-state index in [1.807, 2.05) is 31.2 Å². The normalized spacial score (nSPS) is 27.9. The number of carbonyl (C=O) groups excluding carboxylic acids is 1. The minimum absolute atomic E-state index is 0.0114.